The second-order valence-electron chi connectivity index (χ2n) is 5.39. The number of nitrogens with zero attached hydrogens (tertiary/aromatic N) is 1. The fourth-order valence-electron chi connectivity index (χ4n) is 2.56. The molecule has 0 bridgehead atoms. The van der Waals surface area contributed by atoms with Gasteiger partial charge in [0.1, 0.15) is 0 Å². The number of carboxylic acids is 1. The van der Waals surface area contributed by atoms with E-state index < -0.39 is 11.9 Å². The highest BCUT2D eigenvalue weighted by molar-refractivity contribution is 7.99. The minimum Gasteiger partial charge on any atom is -0.481 e. The molecule has 2 amide bonds. The molecular formula is C14H26N2O3S. The number of urea groups is 1. The van der Waals surface area contributed by atoms with Crippen molar-refractivity contribution < 1.29 is 14.7 Å². The zero-order valence-electron chi connectivity index (χ0n) is 12.6. The molecule has 5 nitrogen and oxygen atoms in total. The van der Waals surface area contributed by atoms with Crippen LogP contribution in [0.2, 0.25) is 0 Å². The van der Waals surface area contributed by atoms with E-state index in [2.05, 4.69) is 11.6 Å². The van der Waals surface area contributed by atoms with E-state index in [4.69, 9.17) is 5.11 Å². The Labute approximate surface area is 125 Å². The van der Waals surface area contributed by atoms with Gasteiger partial charge in [0, 0.05) is 24.4 Å². The number of hydrogen-bond donors (Lipinski definition) is 2. The summed E-state index contributed by atoms with van der Waals surface area (Å²) in [6.07, 6.45) is 6.62. The summed E-state index contributed by atoms with van der Waals surface area (Å²) in [7, 11) is 0. The van der Waals surface area contributed by atoms with Crippen molar-refractivity contribution in [2.24, 2.45) is 5.92 Å². The Balaban J connectivity index is 2.55. The van der Waals surface area contributed by atoms with Gasteiger partial charge in [0.15, 0.2) is 0 Å². The first-order chi connectivity index (χ1) is 9.49. The third kappa shape index (κ3) is 4.89. The van der Waals surface area contributed by atoms with E-state index in [1.165, 1.54) is 6.42 Å². The van der Waals surface area contributed by atoms with Crippen LogP contribution >= 0.6 is 11.8 Å². The normalized spacial score (nSPS) is 23.9. The number of hydrogen-bond acceptors (Lipinski definition) is 3. The van der Waals surface area contributed by atoms with Gasteiger partial charge in [0.05, 0.1) is 5.92 Å². The van der Waals surface area contributed by atoms with E-state index in [0.29, 0.717) is 11.8 Å². The lowest BCUT2D eigenvalue weighted by Crippen LogP contribution is -2.50. The standard InChI is InChI=1S/C14H26N2O3S/c1-4-16(9-10(2)13(17)18)14(19)15-11-7-5-6-8-12(11)20-3/h10-12H,4-9H2,1-3H3,(H,15,19)(H,17,18). The van der Waals surface area contributed by atoms with Crippen molar-refractivity contribution in [1.29, 1.82) is 0 Å². The summed E-state index contributed by atoms with van der Waals surface area (Å²) in [5.41, 5.74) is 0. The van der Waals surface area contributed by atoms with Gasteiger partial charge < -0.3 is 15.3 Å². The van der Waals surface area contributed by atoms with Crippen molar-refractivity contribution in [2.75, 3.05) is 19.3 Å². The van der Waals surface area contributed by atoms with Gasteiger partial charge in [-0.25, -0.2) is 4.79 Å². The molecule has 0 heterocycles. The van der Waals surface area contributed by atoms with Crippen LogP contribution in [0.3, 0.4) is 0 Å². The Morgan fingerprint density at radius 2 is 2.05 bits per heavy atom. The van der Waals surface area contributed by atoms with Gasteiger partial charge in [-0.05, 0) is 26.0 Å². The molecule has 0 aromatic carbocycles. The highest BCUT2D eigenvalue weighted by Gasteiger charge is 2.28. The first kappa shape index (κ1) is 17.1. The lowest BCUT2D eigenvalue weighted by Gasteiger charge is -2.33. The molecule has 2 N–H and O–H groups in total. The molecule has 3 unspecified atom stereocenters. The van der Waals surface area contributed by atoms with Crippen LogP contribution in [-0.4, -0.2) is 52.6 Å². The van der Waals surface area contributed by atoms with Crippen LogP contribution in [0.25, 0.3) is 0 Å². The van der Waals surface area contributed by atoms with Gasteiger partial charge in [-0.3, -0.25) is 4.79 Å². The summed E-state index contributed by atoms with van der Waals surface area (Å²) < 4.78 is 0. The third-order valence-corrected chi connectivity index (χ3v) is 5.07. The molecule has 20 heavy (non-hydrogen) atoms. The highest BCUT2D eigenvalue weighted by Crippen LogP contribution is 2.27. The average Bonchev–Trinajstić information content (AvgIpc) is 2.44. The smallest absolute Gasteiger partial charge is 0.317 e. The lowest BCUT2D eigenvalue weighted by molar-refractivity contribution is -0.141. The van der Waals surface area contributed by atoms with Crippen molar-refractivity contribution in [3.8, 4) is 0 Å². The maximum absolute atomic E-state index is 12.3. The van der Waals surface area contributed by atoms with Crippen molar-refractivity contribution in [2.45, 2.75) is 50.8 Å². The average molecular weight is 302 g/mol. The van der Waals surface area contributed by atoms with Crippen LogP contribution in [0, 0.1) is 5.92 Å². The zero-order chi connectivity index (χ0) is 15.1. The molecule has 0 spiro atoms. The van der Waals surface area contributed by atoms with E-state index in [-0.39, 0.29) is 18.6 Å². The number of rotatable bonds is 6. The fourth-order valence-corrected chi connectivity index (χ4v) is 3.49. The van der Waals surface area contributed by atoms with Crippen LogP contribution in [0.5, 0.6) is 0 Å². The summed E-state index contributed by atoms with van der Waals surface area (Å²) in [6.45, 7) is 4.29. The van der Waals surface area contributed by atoms with Gasteiger partial charge in [-0.2, -0.15) is 11.8 Å². The molecule has 0 saturated heterocycles. The van der Waals surface area contributed by atoms with Crippen molar-refractivity contribution >= 4 is 23.8 Å². The summed E-state index contributed by atoms with van der Waals surface area (Å²) in [6, 6.07) is 0.0759. The van der Waals surface area contributed by atoms with Gasteiger partial charge in [-0.15, -0.1) is 0 Å². The number of amides is 2. The summed E-state index contributed by atoms with van der Waals surface area (Å²) in [5.74, 6) is -1.40. The first-order valence-corrected chi connectivity index (χ1v) is 8.59. The summed E-state index contributed by atoms with van der Waals surface area (Å²) in [4.78, 5) is 24.8. The number of thioether (sulfide) groups is 1. The largest absolute Gasteiger partial charge is 0.481 e. The second kappa shape index (κ2) is 8.39. The number of carboxylic acid groups (broad SMARTS) is 1. The minimum atomic E-state index is -0.865. The summed E-state index contributed by atoms with van der Waals surface area (Å²) in [5, 5.41) is 12.5. The third-order valence-electron chi connectivity index (χ3n) is 3.90. The second-order valence-corrected chi connectivity index (χ2v) is 6.47. The van der Waals surface area contributed by atoms with Crippen LogP contribution in [0.4, 0.5) is 4.79 Å². The van der Waals surface area contributed by atoms with Crippen molar-refractivity contribution in [1.82, 2.24) is 10.2 Å². The topological polar surface area (TPSA) is 69.6 Å². The SMILES string of the molecule is CCN(CC(C)C(=O)O)C(=O)NC1CCCCC1SC. The van der Waals surface area contributed by atoms with Gasteiger partial charge in [-0.1, -0.05) is 19.8 Å². The number of nitrogens with one attached hydrogen (secondary N) is 1. The monoisotopic (exact) mass is 302 g/mol. The molecule has 3 atom stereocenters. The van der Waals surface area contributed by atoms with Gasteiger partial charge >= 0.3 is 12.0 Å². The Bertz CT molecular complexity index is 338. The van der Waals surface area contributed by atoms with E-state index in [1.807, 2.05) is 6.92 Å². The van der Waals surface area contributed by atoms with Crippen molar-refractivity contribution in [3.05, 3.63) is 0 Å². The maximum atomic E-state index is 12.3. The fraction of sp³-hybridized carbons (Fsp3) is 0.857. The van der Waals surface area contributed by atoms with Crippen LogP contribution in [0.1, 0.15) is 39.5 Å². The quantitative estimate of drug-likeness (QED) is 0.790. The minimum absolute atomic E-state index is 0.133. The molecule has 6 heteroatoms. The highest BCUT2D eigenvalue weighted by atomic mass is 32.2. The molecule has 1 aliphatic carbocycles. The van der Waals surface area contributed by atoms with Gasteiger partial charge in [0.25, 0.3) is 0 Å². The Morgan fingerprint density at radius 1 is 1.40 bits per heavy atom. The molecular weight excluding hydrogens is 276 g/mol. The molecule has 0 aromatic heterocycles. The number of carbonyl (C=O) groups is 2. The van der Waals surface area contributed by atoms with Crippen LogP contribution < -0.4 is 5.32 Å². The van der Waals surface area contributed by atoms with E-state index in [0.717, 1.165) is 19.3 Å². The molecule has 0 aliphatic heterocycles. The molecule has 0 radical (unpaired) electrons. The number of carbonyl (C=O) groups excluding carboxylic acids is 1. The van der Waals surface area contributed by atoms with E-state index in [9.17, 15) is 9.59 Å². The number of aliphatic carboxylic acids is 1. The van der Waals surface area contributed by atoms with E-state index in [1.54, 1.807) is 23.6 Å². The molecule has 1 saturated carbocycles. The predicted octanol–water partition coefficient (Wildman–Crippen LogP) is 2.41. The molecule has 1 rings (SSSR count). The molecule has 0 aromatic rings. The predicted molar refractivity (Wildman–Crippen MR) is 82.1 cm³/mol. The zero-order valence-corrected chi connectivity index (χ0v) is 13.4. The lowest BCUT2D eigenvalue weighted by atomic mass is 9.95. The first-order valence-electron chi connectivity index (χ1n) is 7.30. The van der Waals surface area contributed by atoms with E-state index >= 15 is 0 Å². The Hall–Kier alpha value is -0.910. The Morgan fingerprint density at radius 3 is 2.60 bits per heavy atom. The van der Waals surface area contributed by atoms with Crippen molar-refractivity contribution in [3.63, 3.8) is 0 Å². The van der Waals surface area contributed by atoms with Gasteiger partial charge in [0.2, 0.25) is 0 Å². The van der Waals surface area contributed by atoms with Crippen LogP contribution in [-0.2, 0) is 4.79 Å². The van der Waals surface area contributed by atoms with Crippen LogP contribution in [0.15, 0.2) is 0 Å². The summed E-state index contributed by atoms with van der Waals surface area (Å²) >= 11 is 1.81. The molecule has 1 fully saturated rings. The molecule has 116 valence electrons. The molecule has 1 aliphatic rings. The Kier molecular flexibility index (Phi) is 7.19. The maximum Gasteiger partial charge on any atom is 0.317 e.